The maximum Gasteiger partial charge on any atom is 0.261 e. The second-order valence-corrected chi connectivity index (χ2v) is 10.7. The number of hydrogen-bond donors (Lipinski definition) is 3. The minimum Gasteiger partial charge on any atom is -0.494 e. The van der Waals surface area contributed by atoms with Crippen LogP contribution in [0.1, 0.15) is 0 Å². The summed E-state index contributed by atoms with van der Waals surface area (Å²) in [6, 6.07) is 20.9. The van der Waals surface area contributed by atoms with Crippen LogP contribution in [0.2, 0.25) is 5.02 Å². The molecule has 0 bridgehead atoms. The molecule has 1 aliphatic heterocycles. The molecule has 0 saturated carbocycles. The first-order valence-electron chi connectivity index (χ1n) is 12.2. The molecule has 1 aliphatic rings. The molecule has 3 N–H and O–H groups in total. The molecule has 3 aromatic carbocycles. The normalized spacial score (nSPS) is 13.5. The first kappa shape index (κ1) is 26.5. The number of nitrogens with zero attached hydrogens (tertiary/aromatic N) is 3. The standard InChI is InChI=1S/C27H27ClN6O4S/c1-37-25-17-19(34-13-15-38-16-14-34)11-12-24(25)31-27-29-18-21(28)26(32-27)30-22-9-5-6-10-23(22)33-39(35,36)20-7-3-2-4-8-20/h2-12,17-18,33H,13-16H2,1H3,(H2,29,30,31,32). The van der Waals surface area contributed by atoms with Gasteiger partial charge in [0.15, 0.2) is 5.82 Å². The number of morpholine rings is 1. The van der Waals surface area contributed by atoms with Gasteiger partial charge in [0, 0.05) is 24.8 Å². The smallest absolute Gasteiger partial charge is 0.261 e. The summed E-state index contributed by atoms with van der Waals surface area (Å²) in [6.07, 6.45) is 1.46. The fraction of sp³-hybridized carbons (Fsp3) is 0.185. The third-order valence-corrected chi connectivity index (χ3v) is 7.69. The first-order valence-corrected chi connectivity index (χ1v) is 14.0. The highest BCUT2D eigenvalue weighted by Gasteiger charge is 2.18. The first-order chi connectivity index (χ1) is 18.9. The summed E-state index contributed by atoms with van der Waals surface area (Å²) in [5, 5.41) is 6.56. The number of rotatable bonds is 9. The molecule has 202 valence electrons. The van der Waals surface area contributed by atoms with Crippen LogP contribution < -0.4 is 25.0 Å². The van der Waals surface area contributed by atoms with Gasteiger partial charge in [-0.3, -0.25) is 4.72 Å². The fourth-order valence-corrected chi connectivity index (χ4v) is 5.29. The maximum atomic E-state index is 12.9. The second-order valence-electron chi connectivity index (χ2n) is 8.59. The lowest BCUT2D eigenvalue weighted by atomic mass is 10.2. The Hall–Kier alpha value is -4.06. The molecule has 0 unspecified atom stereocenters. The molecule has 2 heterocycles. The number of ether oxygens (including phenoxy) is 2. The zero-order valence-electron chi connectivity index (χ0n) is 21.1. The van der Waals surface area contributed by atoms with Crippen LogP contribution in [0.3, 0.4) is 0 Å². The number of benzene rings is 3. The molecule has 39 heavy (non-hydrogen) atoms. The summed E-state index contributed by atoms with van der Waals surface area (Å²) in [5.74, 6) is 1.21. The number of para-hydroxylation sites is 2. The Morgan fingerprint density at radius 3 is 2.38 bits per heavy atom. The van der Waals surface area contributed by atoms with Crippen molar-refractivity contribution in [3.8, 4) is 5.75 Å². The van der Waals surface area contributed by atoms with Crippen LogP contribution in [-0.4, -0.2) is 51.8 Å². The van der Waals surface area contributed by atoms with Gasteiger partial charge in [-0.2, -0.15) is 4.98 Å². The van der Waals surface area contributed by atoms with Gasteiger partial charge in [-0.15, -0.1) is 0 Å². The number of halogens is 1. The van der Waals surface area contributed by atoms with E-state index in [9.17, 15) is 8.42 Å². The van der Waals surface area contributed by atoms with Crippen LogP contribution in [0, 0.1) is 0 Å². The van der Waals surface area contributed by atoms with Gasteiger partial charge in [-0.1, -0.05) is 41.9 Å². The van der Waals surface area contributed by atoms with Crippen LogP contribution in [0.4, 0.5) is 34.5 Å². The second kappa shape index (κ2) is 11.8. The number of nitrogens with one attached hydrogen (secondary N) is 3. The average molecular weight is 567 g/mol. The third kappa shape index (κ3) is 6.33. The van der Waals surface area contributed by atoms with Crippen LogP contribution >= 0.6 is 11.6 Å². The lowest BCUT2D eigenvalue weighted by Crippen LogP contribution is -2.36. The Kier molecular flexibility index (Phi) is 8.01. The minimum atomic E-state index is -3.80. The van der Waals surface area contributed by atoms with Crippen molar-refractivity contribution in [1.29, 1.82) is 0 Å². The van der Waals surface area contributed by atoms with Crippen molar-refractivity contribution in [3.05, 3.63) is 84.0 Å². The van der Waals surface area contributed by atoms with E-state index in [1.807, 2.05) is 18.2 Å². The summed E-state index contributed by atoms with van der Waals surface area (Å²) in [7, 11) is -2.20. The van der Waals surface area contributed by atoms with Crippen LogP contribution in [-0.2, 0) is 14.8 Å². The Bertz CT molecular complexity index is 1550. The number of hydrogen-bond acceptors (Lipinski definition) is 9. The van der Waals surface area contributed by atoms with Gasteiger partial charge in [0.05, 0.1) is 48.5 Å². The third-order valence-electron chi connectivity index (χ3n) is 6.03. The summed E-state index contributed by atoms with van der Waals surface area (Å²) in [4.78, 5) is 11.2. The predicted octanol–water partition coefficient (Wildman–Crippen LogP) is 5.26. The Morgan fingerprint density at radius 1 is 0.923 bits per heavy atom. The van der Waals surface area contributed by atoms with E-state index in [1.54, 1.807) is 49.6 Å². The summed E-state index contributed by atoms with van der Waals surface area (Å²) < 4.78 is 39.5. The molecule has 10 nitrogen and oxygen atoms in total. The Morgan fingerprint density at radius 2 is 1.64 bits per heavy atom. The zero-order chi connectivity index (χ0) is 27.2. The van der Waals surface area contributed by atoms with Gasteiger partial charge in [-0.25, -0.2) is 13.4 Å². The van der Waals surface area contributed by atoms with Gasteiger partial charge < -0.3 is 25.0 Å². The molecule has 0 atom stereocenters. The summed E-state index contributed by atoms with van der Waals surface area (Å²) in [5.41, 5.74) is 2.52. The topological polar surface area (TPSA) is 118 Å². The zero-order valence-corrected chi connectivity index (χ0v) is 22.7. The van der Waals surface area contributed by atoms with Crippen molar-refractivity contribution < 1.29 is 17.9 Å². The van der Waals surface area contributed by atoms with E-state index >= 15 is 0 Å². The molecule has 5 rings (SSSR count). The summed E-state index contributed by atoms with van der Waals surface area (Å²) in [6.45, 7) is 3.00. The molecule has 12 heteroatoms. The minimum absolute atomic E-state index is 0.153. The molecule has 0 amide bonds. The highest BCUT2D eigenvalue weighted by Crippen LogP contribution is 2.34. The SMILES string of the molecule is COc1cc(N2CCOCC2)ccc1Nc1ncc(Cl)c(Nc2ccccc2NS(=O)(=O)c2ccccc2)n1. The Labute approximate surface area is 232 Å². The van der Waals surface area contributed by atoms with E-state index < -0.39 is 10.0 Å². The van der Waals surface area contributed by atoms with Crippen molar-refractivity contribution in [3.63, 3.8) is 0 Å². The van der Waals surface area contributed by atoms with Crippen molar-refractivity contribution in [1.82, 2.24) is 9.97 Å². The van der Waals surface area contributed by atoms with Crippen molar-refractivity contribution in [2.45, 2.75) is 4.90 Å². The average Bonchev–Trinajstić information content (AvgIpc) is 2.97. The van der Waals surface area contributed by atoms with Crippen molar-refractivity contribution in [2.24, 2.45) is 0 Å². The Balaban J connectivity index is 1.37. The van der Waals surface area contributed by atoms with E-state index in [0.717, 1.165) is 18.8 Å². The van der Waals surface area contributed by atoms with Gasteiger partial charge in [0.25, 0.3) is 10.0 Å². The molecule has 1 aromatic heterocycles. The van der Waals surface area contributed by atoms with E-state index in [4.69, 9.17) is 21.1 Å². The van der Waals surface area contributed by atoms with Gasteiger partial charge in [0.2, 0.25) is 5.95 Å². The van der Waals surface area contributed by atoms with Gasteiger partial charge in [-0.05, 0) is 36.4 Å². The van der Waals surface area contributed by atoms with E-state index in [0.29, 0.717) is 41.8 Å². The lowest BCUT2D eigenvalue weighted by Gasteiger charge is -2.29. The number of anilines is 6. The molecule has 0 radical (unpaired) electrons. The molecule has 0 aliphatic carbocycles. The molecular weight excluding hydrogens is 540 g/mol. The number of sulfonamides is 1. The largest absolute Gasteiger partial charge is 0.494 e. The fourth-order valence-electron chi connectivity index (χ4n) is 4.05. The maximum absolute atomic E-state index is 12.9. The highest BCUT2D eigenvalue weighted by molar-refractivity contribution is 7.92. The highest BCUT2D eigenvalue weighted by atomic mass is 35.5. The van der Waals surface area contributed by atoms with Gasteiger partial charge in [0.1, 0.15) is 10.8 Å². The van der Waals surface area contributed by atoms with Crippen molar-refractivity contribution in [2.75, 3.05) is 53.7 Å². The molecule has 1 saturated heterocycles. The predicted molar refractivity (Wildman–Crippen MR) is 153 cm³/mol. The van der Waals surface area contributed by atoms with Gasteiger partial charge >= 0.3 is 0 Å². The molecular formula is C27H27ClN6O4S. The number of methoxy groups -OCH3 is 1. The van der Waals surface area contributed by atoms with Crippen molar-refractivity contribution >= 4 is 56.1 Å². The molecule has 4 aromatic rings. The molecule has 1 fully saturated rings. The van der Waals surface area contributed by atoms with E-state index in [-0.39, 0.29) is 15.9 Å². The van der Waals surface area contributed by atoms with E-state index in [1.165, 1.54) is 18.3 Å². The molecule has 0 spiro atoms. The quantitative estimate of drug-likeness (QED) is 0.249. The monoisotopic (exact) mass is 566 g/mol. The van der Waals surface area contributed by atoms with Crippen LogP contribution in [0.5, 0.6) is 5.75 Å². The van der Waals surface area contributed by atoms with E-state index in [2.05, 4.69) is 30.2 Å². The van der Waals surface area contributed by atoms with Crippen LogP contribution in [0.15, 0.2) is 83.9 Å². The van der Waals surface area contributed by atoms with Crippen LogP contribution in [0.25, 0.3) is 0 Å². The lowest BCUT2D eigenvalue weighted by molar-refractivity contribution is 0.122. The summed E-state index contributed by atoms with van der Waals surface area (Å²) >= 11 is 6.40. The number of aromatic nitrogens is 2.